The van der Waals surface area contributed by atoms with Crippen LogP contribution in [0.5, 0.6) is 0 Å². The van der Waals surface area contributed by atoms with Crippen molar-refractivity contribution in [1.29, 1.82) is 0 Å². The minimum absolute atomic E-state index is 0.0205. The number of nitrogens with zero attached hydrogens (tertiary/aromatic N) is 1. The molecule has 0 unspecified atom stereocenters. The van der Waals surface area contributed by atoms with Crippen LogP contribution >= 0.6 is 0 Å². The molecule has 0 saturated heterocycles. The Hall–Kier alpha value is -3.28. The van der Waals surface area contributed by atoms with Crippen molar-refractivity contribution in [3.05, 3.63) is 77.1 Å². The minimum Gasteiger partial charge on any atom is -0.366 e. The van der Waals surface area contributed by atoms with Crippen LogP contribution in [0.2, 0.25) is 0 Å². The van der Waals surface area contributed by atoms with Gasteiger partial charge in [0.05, 0.1) is 5.69 Å². The molecule has 5 nitrogen and oxygen atoms in total. The summed E-state index contributed by atoms with van der Waals surface area (Å²) >= 11 is 0. The number of rotatable bonds is 4. The monoisotopic (exact) mass is 323 g/mol. The molecule has 0 radical (unpaired) electrons. The quantitative estimate of drug-likeness (QED) is 0.873. The van der Waals surface area contributed by atoms with Crippen molar-refractivity contribution < 1.29 is 18.8 Å². The number of hydrogen-bond donors (Lipinski definition) is 1. The molecule has 0 atom stereocenters. The maximum Gasteiger partial charge on any atom is 0.258 e. The fourth-order valence-electron chi connectivity index (χ4n) is 2.62. The van der Waals surface area contributed by atoms with E-state index in [1.54, 1.807) is 24.3 Å². The van der Waals surface area contributed by atoms with E-state index in [2.05, 4.69) is 0 Å². The van der Waals surface area contributed by atoms with E-state index in [1.165, 1.54) is 12.1 Å². The van der Waals surface area contributed by atoms with Gasteiger partial charge in [-0.2, -0.15) is 0 Å². The van der Waals surface area contributed by atoms with Crippen molar-refractivity contribution in [3.63, 3.8) is 0 Å². The van der Waals surface area contributed by atoms with Crippen molar-refractivity contribution in [2.75, 3.05) is 4.90 Å². The number of anilines is 1. The van der Waals surface area contributed by atoms with Crippen LogP contribution in [0.25, 0.3) is 0 Å². The second-order valence-corrected chi connectivity index (χ2v) is 5.30. The molecule has 1 heterocycles. The Morgan fingerprint density at radius 1 is 1.00 bits per heavy atom. The van der Waals surface area contributed by atoms with Crippen LogP contribution in [0, 0.1) is 5.82 Å². The maximum atomic E-state index is 15.0. The van der Waals surface area contributed by atoms with Crippen molar-refractivity contribution in [1.82, 2.24) is 0 Å². The first-order valence-electron chi connectivity index (χ1n) is 7.20. The molecule has 3 amide bonds. The molecule has 120 valence electrons. The van der Waals surface area contributed by atoms with Gasteiger partial charge in [0.25, 0.3) is 11.8 Å². The number of carbonyl (C=O) groups excluding carboxylic acids is 3. The van der Waals surface area contributed by atoms with Gasteiger partial charge in [-0.05, 0) is 17.7 Å². The lowest BCUT2D eigenvalue weighted by molar-refractivity contribution is -0.120. The molecule has 2 aromatic carbocycles. The topological polar surface area (TPSA) is 80.5 Å². The predicted octanol–water partition coefficient (Wildman–Crippen LogP) is 1.94. The molecule has 0 aromatic heterocycles. The van der Waals surface area contributed by atoms with E-state index in [1.807, 2.05) is 6.07 Å². The zero-order valence-corrected chi connectivity index (χ0v) is 12.5. The first kappa shape index (κ1) is 15.6. The highest BCUT2D eigenvalue weighted by molar-refractivity contribution is 6.28. The molecular formula is C18H13FN2O3. The second kappa shape index (κ2) is 6.08. The largest absolute Gasteiger partial charge is 0.366 e. The highest BCUT2D eigenvalue weighted by Gasteiger charge is 2.29. The van der Waals surface area contributed by atoms with E-state index in [0.29, 0.717) is 0 Å². The summed E-state index contributed by atoms with van der Waals surface area (Å²) in [6.45, 7) is 0. The number of benzene rings is 2. The third kappa shape index (κ3) is 2.69. The molecule has 2 aromatic rings. The lowest BCUT2D eigenvalue weighted by Crippen LogP contribution is -2.31. The van der Waals surface area contributed by atoms with Crippen molar-refractivity contribution in [2.24, 2.45) is 5.73 Å². The summed E-state index contributed by atoms with van der Waals surface area (Å²) in [4.78, 5) is 35.9. The van der Waals surface area contributed by atoms with Crippen molar-refractivity contribution >= 4 is 23.4 Å². The third-order valence-electron chi connectivity index (χ3n) is 3.76. The molecule has 3 rings (SSSR count). The molecule has 2 N–H and O–H groups in total. The van der Waals surface area contributed by atoms with Gasteiger partial charge in [0.15, 0.2) is 5.82 Å². The van der Waals surface area contributed by atoms with Crippen LogP contribution in [0.1, 0.15) is 21.5 Å². The van der Waals surface area contributed by atoms with E-state index in [9.17, 15) is 18.8 Å². The molecule has 24 heavy (non-hydrogen) atoms. The van der Waals surface area contributed by atoms with Gasteiger partial charge in [-0.1, -0.05) is 30.3 Å². The van der Waals surface area contributed by atoms with Crippen LogP contribution in [-0.2, 0) is 16.0 Å². The Kier molecular flexibility index (Phi) is 3.95. The summed E-state index contributed by atoms with van der Waals surface area (Å²) in [5, 5.41) is 0. The van der Waals surface area contributed by atoms with Gasteiger partial charge < -0.3 is 5.73 Å². The Morgan fingerprint density at radius 2 is 1.62 bits per heavy atom. The molecule has 0 saturated carbocycles. The van der Waals surface area contributed by atoms with Gasteiger partial charge in [-0.15, -0.1) is 0 Å². The van der Waals surface area contributed by atoms with E-state index < -0.39 is 23.5 Å². The first-order valence-corrected chi connectivity index (χ1v) is 7.20. The first-order chi connectivity index (χ1) is 11.5. The zero-order valence-electron chi connectivity index (χ0n) is 12.5. The average Bonchev–Trinajstić information content (AvgIpc) is 2.89. The summed E-state index contributed by atoms with van der Waals surface area (Å²) in [7, 11) is 0. The summed E-state index contributed by atoms with van der Waals surface area (Å²) < 4.78 is 15.0. The number of carbonyl (C=O) groups is 3. The summed E-state index contributed by atoms with van der Waals surface area (Å²) in [6.07, 6.45) is 2.25. The second-order valence-electron chi connectivity index (χ2n) is 5.30. The molecule has 6 heteroatoms. The molecule has 0 fully saturated rings. The maximum absolute atomic E-state index is 15.0. The average molecular weight is 323 g/mol. The van der Waals surface area contributed by atoms with Gasteiger partial charge in [-0.25, -0.2) is 9.29 Å². The lowest BCUT2D eigenvalue weighted by atomic mass is 9.97. The number of amides is 3. The SMILES string of the molecule is NC(=O)c1ccc(N2C(=O)C=CC2=O)c([18F])c1Cc1ccccc1. The van der Waals surface area contributed by atoms with Crippen LogP contribution in [-0.4, -0.2) is 17.7 Å². The van der Waals surface area contributed by atoms with E-state index >= 15 is 0 Å². The van der Waals surface area contributed by atoms with Crippen LogP contribution in [0.3, 0.4) is 0 Å². The highest BCUT2D eigenvalue weighted by atomic mass is 18.2. The van der Waals surface area contributed by atoms with Crippen LogP contribution < -0.4 is 10.6 Å². The van der Waals surface area contributed by atoms with E-state index in [4.69, 9.17) is 5.73 Å². The number of imide groups is 1. The Balaban J connectivity index is 2.11. The standard InChI is InChI=1S/C18H13FN2O3/c19-17-13(10-11-4-2-1-3-5-11)12(18(20)24)6-7-14(17)21-15(22)8-9-16(21)23/h1-9H,10H2,(H2,20,24)/i19-1. The van der Waals surface area contributed by atoms with Gasteiger partial charge in [-0.3, -0.25) is 14.4 Å². The highest BCUT2D eigenvalue weighted by Crippen LogP contribution is 2.29. The fourth-order valence-corrected chi connectivity index (χ4v) is 2.62. The van der Waals surface area contributed by atoms with Crippen LogP contribution in [0.15, 0.2) is 54.6 Å². The Bertz CT molecular complexity index is 857. The lowest BCUT2D eigenvalue weighted by Gasteiger charge is -2.18. The smallest absolute Gasteiger partial charge is 0.258 e. The summed E-state index contributed by atoms with van der Waals surface area (Å²) in [5.74, 6) is -2.84. The number of nitrogens with two attached hydrogens (primary N) is 1. The number of halogens is 1. The Labute approximate surface area is 137 Å². The number of primary amides is 1. The molecule has 1 aliphatic rings. The predicted molar refractivity (Wildman–Crippen MR) is 85.8 cm³/mol. The van der Waals surface area contributed by atoms with Gasteiger partial charge in [0, 0.05) is 29.7 Å². The van der Waals surface area contributed by atoms with Gasteiger partial charge in [0.2, 0.25) is 5.91 Å². The van der Waals surface area contributed by atoms with E-state index in [0.717, 1.165) is 22.6 Å². The molecule has 1 aliphatic heterocycles. The third-order valence-corrected chi connectivity index (χ3v) is 3.76. The molecule has 0 aliphatic carbocycles. The number of hydrogen-bond acceptors (Lipinski definition) is 3. The molecule has 0 spiro atoms. The Morgan fingerprint density at radius 3 is 2.21 bits per heavy atom. The minimum atomic E-state index is -0.805. The molecule has 0 bridgehead atoms. The normalized spacial score (nSPS) is 13.6. The zero-order chi connectivity index (χ0) is 17.3. The van der Waals surface area contributed by atoms with Gasteiger partial charge >= 0.3 is 0 Å². The van der Waals surface area contributed by atoms with E-state index in [-0.39, 0.29) is 23.2 Å². The summed E-state index contributed by atoms with van der Waals surface area (Å²) in [6, 6.07) is 11.5. The van der Waals surface area contributed by atoms with Gasteiger partial charge in [0.1, 0.15) is 0 Å². The summed E-state index contributed by atoms with van der Waals surface area (Å²) in [5.41, 5.74) is 5.99. The molecular weight excluding hydrogens is 310 g/mol. The van der Waals surface area contributed by atoms with Crippen molar-refractivity contribution in [2.45, 2.75) is 6.42 Å². The van der Waals surface area contributed by atoms with Crippen LogP contribution in [0.4, 0.5) is 10.1 Å². The van der Waals surface area contributed by atoms with Crippen molar-refractivity contribution in [3.8, 4) is 0 Å². The fraction of sp³-hybridized carbons (Fsp3) is 0.0556.